The number of aromatic hydroxyl groups is 2. The standard InChI is InChI=1S/C36H34N2O7/c1-36-28(33(42)38(35(36)44)21-6-4-3-5-7-21)19-27-24(31(36)25-13-12-23(40)18-29(25)45-2)14-15-26-30(27)34(43)37(32(26)41)17-16-20-8-10-22(39)11-9-20/h3-14,18,26-28,30-31,39-40H,15-17,19H2,1-2H3/t26-,27+,28-,30-,31+,36+/m0/s1. The lowest BCUT2D eigenvalue weighted by Gasteiger charge is -2.49. The van der Waals surface area contributed by atoms with Crippen molar-refractivity contribution in [1.29, 1.82) is 0 Å². The quantitative estimate of drug-likeness (QED) is 0.311. The number of likely N-dealkylation sites (tertiary alicyclic amines) is 1. The number of benzene rings is 3. The molecule has 0 aromatic heterocycles. The number of phenolic OH excluding ortho intramolecular Hbond substituents is 2. The number of imide groups is 2. The van der Waals surface area contributed by atoms with Gasteiger partial charge in [-0.3, -0.25) is 24.1 Å². The summed E-state index contributed by atoms with van der Waals surface area (Å²) in [5.41, 5.74) is 1.69. The number of nitrogens with zero attached hydrogens (tertiary/aromatic N) is 2. The fourth-order valence-electron chi connectivity index (χ4n) is 8.31. The predicted octanol–water partition coefficient (Wildman–Crippen LogP) is 4.58. The molecule has 1 saturated carbocycles. The molecule has 0 radical (unpaired) electrons. The van der Waals surface area contributed by atoms with Gasteiger partial charge in [0.25, 0.3) is 0 Å². The Morgan fingerprint density at radius 2 is 1.58 bits per heavy atom. The monoisotopic (exact) mass is 606 g/mol. The molecule has 0 unspecified atom stereocenters. The first kappa shape index (κ1) is 28.8. The molecule has 2 heterocycles. The topological polar surface area (TPSA) is 124 Å². The van der Waals surface area contributed by atoms with Gasteiger partial charge in [0, 0.05) is 24.1 Å². The highest BCUT2D eigenvalue weighted by atomic mass is 16.5. The Kier molecular flexibility index (Phi) is 6.80. The first-order valence-electron chi connectivity index (χ1n) is 15.3. The molecule has 9 nitrogen and oxygen atoms in total. The number of hydrogen-bond acceptors (Lipinski definition) is 7. The highest BCUT2D eigenvalue weighted by Crippen LogP contribution is 2.64. The summed E-state index contributed by atoms with van der Waals surface area (Å²) in [6.45, 7) is 2.04. The van der Waals surface area contributed by atoms with Crippen LogP contribution in [0.3, 0.4) is 0 Å². The van der Waals surface area contributed by atoms with Crippen LogP contribution in [0, 0.1) is 29.1 Å². The second-order valence-electron chi connectivity index (χ2n) is 12.7. The smallest absolute Gasteiger partial charge is 0.241 e. The van der Waals surface area contributed by atoms with E-state index in [4.69, 9.17) is 4.74 Å². The van der Waals surface area contributed by atoms with Gasteiger partial charge in [-0.15, -0.1) is 0 Å². The minimum absolute atomic E-state index is 0.00271. The SMILES string of the molecule is COc1cc(O)ccc1[C@H]1C2=CC[C@@H]3C(=O)N(CCc4ccc(O)cc4)C(=O)[C@@H]3[C@@H]2C[C@H]2C(=O)N(c3ccccc3)C(=O)[C@@]12C. The number of fused-ring (bicyclic) bond motifs is 4. The van der Waals surface area contributed by atoms with Crippen molar-refractivity contribution in [3.05, 3.63) is 95.6 Å². The Morgan fingerprint density at radius 1 is 0.867 bits per heavy atom. The van der Waals surface area contributed by atoms with Gasteiger partial charge in [0.15, 0.2) is 0 Å². The first-order chi connectivity index (χ1) is 21.6. The van der Waals surface area contributed by atoms with Crippen molar-refractivity contribution >= 4 is 29.3 Å². The molecular weight excluding hydrogens is 572 g/mol. The third kappa shape index (κ3) is 4.28. The van der Waals surface area contributed by atoms with Gasteiger partial charge in [0.05, 0.1) is 36.0 Å². The summed E-state index contributed by atoms with van der Waals surface area (Å²) in [4.78, 5) is 59.1. The third-order valence-corrected chi connectivity index (χ3v) is 10.5. The zero-order valence-corrected chi connectivity index (χ0v) is 25.1. The van der Waals surface area contributed by atoms with E-state index in [0.717, 1.165) is 11.1 Å². The summed E-state index contributed by atoms with van der Waals surface area (Å²) in [6.07, 6.45) is 3.06. The highest BCUT2D eigenvalue weighted by molar-refractivity contribution is 6.24. The Bertz CT molecular complexity index is 1750. The molecule has 3 aromatic rings. The van der Waals surface area contributed by atoms with Crippen LogP contribution in [0.5, 0.6) is 17.2 Å². The maximum absolute atomic E-state index is 14.5. The van der Waals surface area contributed by atoms with Crippen molar-refractivity contribution in [1.82, 2.24) is 4.90 Å². The molecule has 7 rings (SSSR count). The van der Waals surface area contributed by atoms with E-state index in [2.05, 4.69) is 0 Å². The number of ether oxygens (including phenoxy) is 1. The molecule has 3 fully saturated rings. The lowest BCUT2D eigenvalue weighted by atomic mass is 9.51. The molecule has 2 saturated heterocycles. The van der Waals surface area contributed by atoms with Crippen LogP contribution in [0.15, 0.2) is 84.4 Å². The van der Waals surface area contributed by atoms with Crippen LogP contribution in [-0.4, -0.2) is 52.4 Å². The van der Waals surface area contributed by atoms with Crippen molar-refractivity contribution in [3.63, 3.8) is 0 Å². The Balaban J connectivity index is 1.30. The Labute approximate surface area is 260 Å². The number of carbonyl (C=O) groups excluding carboxylic acids is 4. The summed E-state index contributed by atoms with van der Waals surface area (Å²) >= 11 is 0. The molecule has 2 aliphatic carbocycles. The maximum Gasteiger partial charge on any atom is 0.241 e. The zero-order chi connectivity index (χ0) is 31.6. The fraction of sp³-hybridized carbons (Fsp3) is 0.333. The molecular formula is C36H34N2O7. The molecule has 0 spiro atoms. The molecule has 0 bridgehead atoms. The predicted molar refractivity (Wildman–Crippen MR) is 164 cm³/mol. The van der Waals surface area contributed by atoms with Gasteiger partial charge in [-0.05, 0) is 68.0 Å². The van der Waals surface area contributed by atoms with Crippen LogP contribution in [0.2, 0.25) is 0 Å². The zero-order valence-electron chi connectivity index (χ0n) is 25.1. The summed E-state index contributed by atoms with van der Waals surface area (Å²) < 4.78 is 5.71. The average Bonchev–Trinajstić information content (AvgIpc) is 3.40. The van der Waals surface area contributed by atoms with Crippen LogP contribution in [0.4, 0.5) is 5.69 Å². The molecule has 4 amide bonds. The van der Waals surface area contributed by atoms with Crippen molar-refractivity contribution in [2.45, 2.75) is 32.1 Å². The van der Waals surface area contributed by atoms with Crippen molar-refractivity contribution in [2.75, 3.05) is 18.6 Å². The van der Waals surface area contributed by atoms with Gasteiger partial charge < -0.3 is 14.9 Å². The molecule has 6 atom stereocenters. The summed E-state index contributed by atoms with van der Waals surface area (Å²) in [6, 6.07) is 20.3. The molecule has 2 N–H and O–H groups in total. The van der Waals surface area contributed by atoms with Gasteiger partial charge in [-0.1, -0.05) is 48.0 Å². The normalized spacial score (nSPS) is 28.9. The second-order valence-corrected chi connectivity index (χ2v) is 12.7. The van der Waals surface area contributed by atoms with Gasteiger partial charge in [-0.25, -0.2) is 4.90 Å². The Morgan fingerprint density at radius 3 is 2.29 bits per heavy atom. The molecule has 45 heavy (non-hydrogen) atoms. The van der Waals surface area contributed by atoms with Gasteiger partial charge in [0.1, 0.15) is 17.2 Å². The summed E-state index contributed by atoms with van der Waals surface area (Å²) in [5, 5.41) is 19.9. The Hall–Kier alpha value is -4.92. The first-order valence-corrected chi connectivity index (χ1v) is 15.3. The number of amides is 4. The minimum Gasteiger partial charge on any atom is -0.508 e. The molecule has 3 aromatic carbocycles. The molecule has 230 valence electrons. The lowest BCUT2D eigenvalue weighted by molar-refractivity contribution is -0.140. The van der Waals surface area contributed by atoms with E-state index in [0.29, 0.717) is 29.8 Å². The number of anilines is 1. The van der Waals surface area contributed by atoms with Gasteiger partial charge in [0.2, 0.25) is 23.6 Å². The van der Waals surface area contributed by atoms with Crippen molar-refractivity contribution in [2.24, 2.45) is 29.1 Å². The van der Waals surface area contributed by atoms with Crippen LogP contribution in [0.1, 0.15) is 36.8 Å². The number of hydrogen-bond donors (Lipinski definition) is 2. The molecule has 9 heteroatoms. The van der Waals surface area contributed by atoms with Crippen molar-refractivity contribution < 1.29 is 34.1 Å². The number of methoxy groups -OCH3 is 1. The van der Waals surface area contributed by atoms with Crippen LogP contribution >= 0.6 is 0 Å². The highest BCUT2D eigenvalue weighted by Gasteiger charge is 2.67. The van der Waals surface area contributed by atoms with E-state index in [-0.39, 0.29) is 48.1 Å². The third-order valence-electron chi connectivity index (χ3n) is 10.5. The molecule has 4 aliphatic rings. The van der Waals surface area contributed by atoms with Crippen molar-refractivity contribution in [3.8, 4) is 17.2 Å². The number of allylic oxidation sites excluding steroid dienone is 2. The fourth-order valence-corrected chi connectivity index (χ4v) is 8.31. The number of carbonyl (C=O) groups is 4. The largest absolute Gasteiger partial charge is 0.508 e. The lowest BCUT2D eigenvalue weighted by Crippen LogP contribution is -2.49. The van der Waals surface area contributed by atoms with Crippen LogP contribution in [-0.2, 0) is 25.6 Å². The van der Waals surface area contributed by atoms with E-state index in [1.165, 1.54) is 29.0 Å². The van der Waals surface area contributed by atoms with E-state index in [1.807, 2.05) is 19.1 Å². The average molecular weight is 607 g/mol. The van der Waals surface area contributed by atoms with E-state index < -0.39 is 35.0 Å². The van der Waals surface area contributed by atoms with E-state index in [1.54, 1.807) is 54.6 Å². The minimum atomic E-state index is -1.20. The summed E-state index contributed by atoms with van der Waals surface area (Å²) in [5.74, 6) is -3.60. The van der Waals surface area contributed by atoms with Crippen LogP contribution in [0.25, 0.3) is 0 Å². The number of rotatable bonds is 6. The van der Waals surface area contributed by atoms with Crippen LogP contribution < -0.4 is 9.64 Å². The van der Waals surface area contributed by atoms with Gasteiger partial charge >= 0.3 is 0 Å². The number of para-hydroxylation sites is 1. The number of phenols is 2. The summed E-state index contributed by atoms with van der Waals surface area (Å²) in [7, 11) is 1.49. The maximum atomic E-state index is 14.5. The van der Waals surface area contributed by atoms with E-state index >= 15 is 0 Å². The van der Waals surface area contributed by atoms with Gasteiger partial charge in [-0.2, -0.15) is 0 Å². The van der Waals surface area contributed by atoms with E-state index in [9.17, 15) is 29.4 Å². The second kappa shape index (κ2) is 10.6. The molecule has 2 aliphatic heterocycles.